The molecule has 7 heteroatoms. The Balaban J connectivity index is 1.49. The highest BCUT2D eigenvalue weighted by Crippen LogP contribution is 2.31. The van der Waals surface area contributed by atoms with Gasteiger partial charge in [-0.15, -0.1) is 0 Å². The smallest absolute Gasteiger partial charge is 0.336 e. The SMILES string of the molecule is CCc1cc2c(COC(=O)/C=C/c3ccc4c(c3)OCCO4)cc(=O)oc2cc1O. The maximum atomic E-state index is 12.2. The van der Waals surface area contributed by atoms with Gasteiger partial charge in [0.15, 0.2) is 11.5 Å². The number of aryl methyl sites for hydroxylation is 1. The van der Waals surface area contributed by atoms with E-state index in [1.54, 1.807) is 24.3 Å². The Kier molecular flexibility index (Phi) is 5.43. The first-order valence-corrected chi connectivity index (χ1v) is 9.56. The summed E-state index contributed by atoms with van der Waals surface area (Å²) in [6, 6.07) is 9.82. The minimum Gasteiger partial charge on any atom is -0.508 e. The number of fused-ring (bicyclic) bond motifs is 2. The summed E-state index contributed by atoms with van der Waals surface area (Å²) in [5.74, 6) is 0.813. The summed E-state index contributed by atoms with van der Waals surface area (Å²) >= 11 is 0. The molecule has 1 aliphatic rings. The number of aromatic hydroxyl groups is 1. The van der Waals surface area contributed by atoms with Crippen LogP contribution in [0.15, 0.2) is 51.7 Å². The van der Waals surface area contributed by atoms with Crippen LogP contribution in [0.4, 0.5) is 0 Å². The zero-order chi connectivity index (χ0) is 21.1. The molecule has 0 spiro atoms. The van der Waals surface area contributed by atoms with Gasteiger partial charge in [0.05, 0.1) is 0 Å². The van der Waals surface area contributed by atoms with E-state index in [-0.39, 0.29) is 17.9 Å². The van der Waals surface area contributed by atoms with Crippen molar-refractivity contribution in [2.24, 2.45) is 0 Å². The number of hydrogen-bond acceptors (Lipinski definition) is 7. The van der Waals surface area contributed by atoms with Gasteiger partial charge in [-0.1, -0.05) is 13.0 Å². The third kappa shape index (κ3) is 4.15. The highest BCUT2D eigenvalue weighted by molar-refractivity contribution is 5.88. The monoisotopic (exact) mass is 408 g/mol. The highest BCUT2D eigenvalue weighted by Gasteiger charge is 2.12. The maximum absolute atomic E-state index is 12.2. The Hall–Kier alpha value is -3.74. The van der Waals surface area contributed by atoms with E-state index in [2.05, 4.69) is 0 Å². The third-order valence-electron chi connectivity index (χ3n) is 4.76. The fraction of sp³-hybridized carbons (Fsp3) is 0.217. The molecule has 0 bridgehead atoms. The van der Waals surface area contributed by atoms with Gasteiger partial charge in [-0.2, -0.15) is 0 Å². The van der Waals surface area contributed by atoms with Gasteiger partial charge < -0.3 is 23.7 Å². The van der Waals surface area contributed by atoms with Gasteiger partial charge in [-0.05, 0) is 41.8 Å². The highest BCUT2D eigenvalue weighted by atomic mass is 16.6. The van der Waals surface area contributed by atoms with E-state index in [0.29, 0.717) is 47.6 Å². The molecule has 3 aromatic rings. The summed E-state index contributed by atoms with van der Waals surface area (Å²) in [5.41, 5.74) is 1.66. The Morgan fingerprint density at radius 1 is 1.10 bits per heavy atom. The second kappa shape index (κ2) is 8.32. The van der Waals surface area contributed by atoms with Gasteiger partial charge in [0.1, 0.15) is 31.2 Å². The lowest BCUT2D eigenvalue weighted by molar-refractivity contribution is -0.138. The van der Waals surface area contributed by atoms with Crippen molar-refractivity contribution in [3.05, 3.63) is 69.6 Å². The summed E-state index contributed by atoms with van der Waals surface area (Å²) in [5, 5.41) is 10.6. The van der Waals surface area contributed by atoms with E-state index in [1.807, 2.05) is 13.0 Å². The molecule has 0 saturated heterocycles. The number of carbonyl (C=O) groups excluding carboxylic acids is 1. The van der Waals surface area contributed by atoms with Gasteiger partial charge in [0.2, 0.25) is 0 Å². The zero-order valence-corrected chi connectivity index (χ0v) is 16.3. The molecular weight excluding hydrogens is 388 g/mol. The normalized spacial score (nSPS) is 13.0. The lowest BCUT2D eigenvalue weighted by atomic mass is 10.0. The molecule has 30 heavy (non-hydrogen) atoms. The van der Waals surface area contributed by atoms with E-state index >= 15 is 0 Å². The molecule has 1 N–H and O–H groups in total. The number of benzene rings is 2. The van der Waals surface area contributed by atoms with Crippen molar-refractivity contribution in [2.45, 2.75) is 20.0 Å². The number of rotatable bonds is 5. The summed E-state index contributed by atoms with van der Waals surface area (Å²) in [6.45, 7) is 2.81. The predicted molar refractivity (Wildman–Crippen MR) is 110 cm³/mol. The molecule has 2 aromatic carbocycles. The summed E-state index contributed by atoms with van der Waals surface area (Å²) < 4.78 is 21.4. The Labute approximate surface area is 172 Å². The minimum absolute atomic E-state index is 0.0599. The Morgan fingerprint density at radius 2 is 1.90 bits per heavy atom. The van der Waals surface area contributed by atoms with Gasteiger partial charge in [-0.3, -0.25) is 0 Å². The third-order valence-corrected chi connectivity index (χ3v) is 4.76. The van der Waals surface area contributed by atoms with Crippen LogP contribution in [0.3, 0.4) is 0 Å². The van der Waals surface area contributed by atoms with Gasteiger partial charge in [0.25, 0.3) is 0 Å². The molecule has 0 radical (unpaired) electrons. The molecule has 7 nitrogen and oxygen atoms in total. The number of hydrogen-bond donors (Lipinski definition) is 1. The van der Waals surface area contributed by atoms with Crippen molar-refractivity contribution in [1.82, 2.24) is 0 Å². The molecule has 0 unspecified atom stereocenters. The van der Waals surface area contributed by atoms with Crippen molar-refractivity contribution in [1.29, 1.82) is 0 Å². The largest absolute Gasteiger partial charge is 0.508 e. The first-order valence-electron chi connectivity index (χ1n) is 9.56. The van der Waals surface area contributed by atoms with Crippen molar-refractivity contribution in [3.63, 3.8) is 0 Å². The first kappa shape index (κ1) is 19.6. The van der Waals surface area contributed by atoms with Gasteiger partial charge >= 0.3 is 11.6 Å². The van der Waals surface area contributed by atoms with Gasteiger partial charge in [0, 0.05) is 29.2 Å². The zero-order valence-electron chi connectivity index (χ0n) is 16.3. The molecule has 0 atom stereocenters. The predicted octanol–water partition coefficient (Wildman–Crippen LogP) is 3.59. The lowest BCUT2D eigenvalue weighted by Gasteiger charge is -2.18. The molecule has 0 aliphatic carbocycles. The quantitative estimate of drug-likeness (QED) is 0.392. The molecule has 1 aromatic heterocycles. The van der Waals surface area contributed by atoms with Crippen molar-refractivity contribution < 1.29 is 28.5 Å². The second-order valence-corrected chi connectivity index (χ2v) is 6.77. The summed E-state index contributed by atoms with van der Waals surface area (Å²) in [4.78, 5) is 24.0. The molecule has 0 fully saturated rings. The Morgan fingerprint density at radius 3 is 2.70 bits per heavy atom. The first-order chi connectivity index (χ1) is 14.5. The van der Waals surface area contributed by atoms with Crippen molar-refractivity contribution in [2.75, 3.05) is 13.2 Å². The number of phenols is 1. The van der Waals surface area contributed by atoms with Crippen LogP contribution in [0, 0.1) is 0 Å². The average molecular weight is 408 g/mol. The van der Waals surface area contributed by atoms with Crippen LogP contribution in [0.2, 0.25) is 0 Å². The molecule has 0 amide bonds. The van der Waals surface area contributed by atoms with Crippen LogP contribution in [0.1, 0.15) is 23.6 Å². The van der Waals surface area contributed by atoms with Crippen LogP contribution in [0.25, 0.3) is 17.0 Å². The van der Waals surface area contributed by atoms with Crippen LogP contribution in [-0.4, -0.2) is 24.3 Å². The standard InChI is InChI=1S/C23H20O7/c1-2-15-10-17-16(11-23(26)30-20(17)12-18(15)24)13-29-22(25)6-4-14-3-5-19-21(9-14)28-8-7-27-19/h3-6,9-12,24H,2,7-8,13H2,1H3/b6-4+. The van der Waals surface area contributed by atoms with Crippen LogP contribution in [-0.2, 0) is 22.6 Å². The van der Waals surface area contributed by atoms with Gasteiger partial charge in [-0.25, -0.2) is 9.59 Å². The molecule has 4 rings (SSSR count). The minimum atomic E-state index is -0.580. The van der Waals surface area contributed by atoms with Crippen molar-refractivity contribution in [3.8, 4) is 17.2 Å². The molecule has 154 valence electrons. The van der Waals surface area contributed by atoms with E-state index < -0.39 is 11.6 Å². The fourth-order valence-electron chi connectivity index (χ4n) is 3.23. The second-order valence-electron chi connectivity index (χ2n) is 6.77. The fourth-order valence-corrected chi connectivity index (χ4v) is 3.23. The molecule has 0 saturated carbocycles. The number of esters is 1. The van der Waals surface area contributed by atoms with Crippen molar-refractivity contribution >= 4 is 23.0 Å². The number of phenolic OH excluding ortho intramolecular Hbond substituents is 1. The average Bonchev–Trinajstić information content (AvgIpc) is 2.75. The molecule has 2 heterocycles. The van der Waals surface area contributed by atoms with E-state index in [0.717, 1.165) is 5.56 Å². The topological polar surface area (TPSA) is 95.2 Å². The summed E-state index contributed by atoms with van der Waals surface area (Å²) in [7, 11) is 0. The van der Waals surface area contributed by atoms with Crippen LogP contribution < -0.4 is 15.1 Å². The van der Waals surface area contributed by atoms with Crippen LogP contribution in [0.5, 0.6) is 17.2 Å². The number of ether oxygens (including phenoxy) is 3. The maximum Gasteiger partial charge on any atom is 0.336 e. The Bertz CT molecular complexity index is 1190. The summed E-state index contributed by atoms with van der Waals surface area (Å²) in [6.07, 6.45) is 3.53. The van der Waals surface area contributed by atoms with Crippen LogP contribution >= 0.6 is 0 Å². The number of carbonyl (C=O) groups is 1. The van der Waals surface area contributed by atoms with E-state index in [4.69, 9.17) is 18.6 Å². The van der Waals surface area contributed by atoms with E-state index in [9.17, 15) is 14.7 Å². The lowest BCUT2D eigenvalue weighted by Crippen LogP contribution is -2.15. The van der Waals surface area contributed by atoms with E-state index in [1.165, 1.54) is 18.2 Å². The molecular formula is C23H20O7. The molecule has 1 aliphatic heterocycles.